The highest BCUT2D eigenvalue weighted by Gasteiger charge is 2.40. The molecule has 2 atom stereocenters. The van der Waals surface area contributed by atoms with Crippen LogP contribution in [0.3, 0.4) is 0 Å². The highest BCUT2D eigenvalue weighted by Crippen LogP contribution is 2.33. The Balaban J connectivity index is 2.17. The first-order chi connectivity index (χ1) is 10.3. The van der Waals surface area contributed by atoms with E-state index in [0.29, 0.717) is 5.56 Å². The van der Waals surface area contributed by atoms with E-state index >= 15 is 0 Å². The normalized spacial score (nSPS) is 26.1. The summed E-state index contributed by atoms with van der Waals surface area (Å²) < 4.78 is 40.9. The summed E-state index contributed by atoms with van der Waals surface area (Å²) in [6.45, 7) is 2.31. The summed E-state index contributed by atoms with van der Waals surface area (Å²) >= 11 is 5.70. The first-order valence-electron chi connectivity index (χ1n) is 7.44. The molecule has 0 aromatic heterocycles. The second-order valence-electron chi connectivity index (χ2n) is 6.12. The van der Waals surface area contributed by atoms with Gasteiger partial charge in [0.05, 0.1) is 10.8 Å². The fourth-order valence-corrected chi connectivity index (χ4v) is 5.00. The molecule has 124 valence electrons. The molecule has 0 heterocycles. The van der Waals surface area contributed by atoms with Crippen LogP contribution in [-0.4, -0.2) is 20.5 Å². The van der Waals surface area contributed by atoms with Crippen LogP contribution in [0.25, 0.3) is 0 Å². The van der Waals surface area contributed by atoms with Crippen molar-refractivity contribution in [1.29, 1.82) is 0 Å². The summed E-state index contributed by atoms with van der Waals surface area (Å²) in [6.07, 6.45) is 3.76. The Morgan fingerprint density at radius 1 is 1.45 bits per heavy atom. The van der Waals surface area contributed by atoms with E-state index < -0.39 is 21.4 Å². The third-order valence-electron chi connectivity index (χ3n) is 4.52. The number of nitrogens with two attached hydrogens (primary N) is 1. The molecule has 1 aliphatic rings. The van der Waals surface area contributed by atoms with Gasteiger partial charge in [0.2, 0.25) is 10.0 Å². The van der Waals surface area contributed by atoms with Crippen molar-refractivity contribution >= 4 is 21.6 Å². The minimum atomic E-state index is -3.58. The molecule has 3 N–H and O–H groups in total. The van der Waals surface area contributed by atoms with Crippen LogP contribution in [0.2, 0.25) is 5.02 Å². The average molecular weight is 349 g/mol. The molecule has 1 saturated carbocycles. The summed E-state index contributed by atoms with van der Waals surface area (Å²) in [6, 6.07) is 3.95. The molecule has 0 aliphatic heterocycles. The molecule has 1 aliphatic carbocycles. The summed E-state index contributed by atoms with van der Waals surface area (Å²) in [7, 11) is -3.58. The number of hydrogen-bond donors (Lipinski definition) is 2. The van der Waals surface area contributed by atoms with E-state index in [0.717, 1.165) is 25.7 Å². The quantitative estimate of drug-likeness (QED) is 0.859. The van der Waals surface area contributed by atoms with Crippen molar-refractivity contribution in [2.75, 3.05) is 6.54 Å². The van der Waals surface area contributed by atoms with Gasteiger partial charge in [-0.1, -0.05) is 37.4 Å². The van der Waals surface area contributed by atoms with E-state index in [1.807, 2.05) is 6.92 Å². The molecular weight excluding hydrogens is 327 g/mol. The predicted molar refractivity (Wildman–Crippen MR) is 86.6 cm³/mol. The van der Waals surface area contributed by atoms with Gasteiger partial charge < -0.3 is 5.73 Å². The standard InChI is InChI=1S/C15H22ClFN2O2S/c1-11-4-2-3-7-15(11,10-18)19-22(20,21)9-12-5-6-14(17)13(16)8-12/h5-6,8,11,19H,2-4,7,9-10,18H2,1H3. The van der Waals surface area contributed by atoms with Crippen LogP contribution in [0, 0.1) is 11.7 Å². The monoisotopic (exact) mass is 348 g/mol. The summed E-state index contributed by atoms with van der Waals surface area (Å²) in [4.78, 5) is 0. The van der Waals surface area contributed by atoms with Gasteiger partial charge in [-0.05, 0) is 36.5 Å². The van der Waals surface area contributed by atoms with Gasteiger partial charge in [0.25, 0.3) is 0 Å². The Morgan fingerprint density at radius 2 is 2.18 bits per heavy atom. The minimum absolute atomic E-state index is 0.0766. The van der Waals surface area contributed by atoms with Crippen molar-refractivity contribution in [2.45, 2.75) is 43.9 Å². The topological polar surface area (TPSA) is 72.2 Å². The maximum absolute atomic E-state index is 13.2. The summed E-state index contributed by atoms with van der Waals surface area (Å²) in [5, 5.41) is -0.0766. The molecular formula is C15H22ClFN2O2S. The number of rotatable bonds is 5. The Bertz CT molecular complexity index is 638. The predicted octanol–water partition coefficient (Wildman–Crippen LogP) is 2.81. The summed E-state index contributed by atoms with van der Waals surface area (Å²) in [5.74, 6) is -0.602. The van der Waals surface area contributed by atoms with Gasteiger partial charge in [-0.3, -0.25) is 0 Å². The molecule has 2 rings (SSSR count). The highest BCUT2D eigenvalue weighted by atomic mass is 35.5. The lowest BCUT2D eigenvalue weighted by Crippen LogP contribution is -2.59. The van der Waals surface area contributed by atoms with Crippen LogP contribution in [0.15, 0.2) is 18.2 Å². The van der Waals surface area contributed by atoms with Gasteiger partial charge in [0.15, 0.2) is 0 Å². The van der Waals surface area contributed by atoms with Crippen LogP contribution in [0.5, 0.6) is 0 Å². The van der Waals surface area contributed by atoms with Crippen LogP contribution in [0.1, 0.15) is 38.2 Å². The molecule has 0 radical (unpaired) electrons. The third kappa shape index (κ3) is 3.98. The molecule has 7 heteroatoms. The largest absolute Gasteiger partial charge is 0.329 e. The van der Waals surface area contributed by atoms with Gasteiger partial charge in [0.1, 0.15) is 5.82 Å². The lowest BCUT2D eigenvalue weighted by atomic mass is 9.74. The first kappa shape index (κ1) is 17.7. The van der Waals surface area contributed by atoms with E-state index in [-0.39, 0.29) is 23.2 Å². The molecule has 0 amide bonds. The zero-order chi connectivity index (χ0) is 16.4. The lowest BCUT2D eigenvalue weighted by molar-refractivity contribution is 0.191. The smallest absolute Gasteiger partial charge is 0.216 e. The van der Waals surface area contributed by atoms with Crippen LogP contribution in [0.4, 0.5) is 4.39 Å². The molecule has 0 bridgehead atoms. The summed E-state index contributed by atoms with van der Waals surface area (Å²) in [5.41, 5.74) is 5.75. The number of nitrogens with one attached hydrogen (secondary N) is 1. The van der Waals surface area contributed by atoms with Crippen LogP contribution < -0.4 is 10.5 Å². The van der Waals surface area contributed by atoms with Gasteiger partial charge in [0, 0.05) is 12.1 Å². The molecule has 0 saturated heterocycles. The number of hydrogen-bond acceptors (Lipinski definition) is 3. The maximum atomic E-state index is 13.2. The number of benzene rings is 1. The Kier molecular flexibility index (Phi) is 5.48. The zero-order valence-electron chi connectivity index (χ0n) is 12.6. The van der Waals surface area contributed by atoms with Gasteiger partial charge in [-0.2, -0.15) is 0 Å². The van der Waals surface area contributed by atoms with Crippen molar-refractivity contribution in [3.63, 3.8) is 0 Å². The van der Waals surface area contributed by atoms with E-state index in [9.17, 15) is 12.8 Å². The van der Waals surface area contributed by atoms with Crippen molar-refractivity contribution in [2.24, 2.45) is 11.7 Å². The molecule has 1 aromatic carbocycles. The van der Waals surface area contributed by atoms with E-state index in [2.05, 4.69) is 4.72 Å². The molecule has 4 nitrogen and oxygen atoms in total. The van der Waals surface area contributed by atoms with Crippen molar-refractivity contribution in [3.8, 4) is 0 Å². The average Bonchev–Trinajstić information content (AvgIpc) is 2.45. The zero-order valence-corrected chi connectivity index (χ0v) is 14.2. The SMILES string of the molecule is CC1CCCCC1(CN)NS(=O)(=O)Cc1ccc(F)c(Cl)c1. The Labute approximate surface area is 136 Å². The first-order valence-corrected chi connectivity index (χ1v) is 9.47. The molecule has 2 unspecified atom stereocenters. The van der Waals surface area contributed by atoms with Gasteiger partial charge in [-0.25, -0.2) is 17.5 Å². The van der Waals surface area contributed by atoms with Crippen molar-refractivity contribution in [3.05, 3.63) is 34.6 Å². The molecule has 1 fully saturated rings. The van der Waals surface area contributed by atoms with Crippen molar-refractivity contribution < 1.29 is 12.8 Å². The van der Waals surface area contributed by atoms with Crippen LogP contribution in [-0.2, 0) is 15.8 Å². The Hall–Kier alpha value is -0.690. The van der Waals surface area contributed by atoms with Gasteiger partial charge in [-0.15, -0.1) is 0 Å². The molecule has 22 heavy (non-hydrogen) atoms. The Morgan fingerprint density at radius 3 is 2.77 bits per heavy atom. The number of sulfonamides is 1. The van der Waals surface area contributed by atoms with E-state index in [1.54, 1.807) is 0 Å². The maximum Gasteiger partial charge on any atom is 0.216 e. The fraction of sp³-hybridized carbons (Fsp3) is 0.600. The molecule has 0 spiro atoms. The highest BCUT2D eigenvalue weighted by molar-refractivity contribution is 7.88. The second kappa shape index (κ2) is 6.83. The van der Waals surface area contributed by atoms with Crippen molar-refractivity contribution in [1.82, 2.24) is 4.72 Å². The van der Waals surface area contributed by atoms with E-state index in [4.69, 9.17) is 17.3 Å². The fourth-order valence-electron chi connectivity index (χ4n) is 3.10. The van der Waals surface area contributed by atoms with E-state index in [1.165, 1.54) is 18.2 Å². The molecule has 1 aromatic rings. The minimum Gasteiger partial charge on any atom is -0.329 e. The second-order valence-corrected chi connectivity index (χ2v) is 8.25. The lowest BCUT2D eigenvalue weighted by Gasteiger charge is -2.42. The van der Waals surface area contributed by atoms with Crippen LogP contribution >= 0.6 is 11.6 Å². The van der Waals surface area contributed by atoms with Gasteiger partial charge >= 0.3 is 0 Å². The number of halogens is 2. The third-order valence-corrected chi connectivity index (χ3v) is 6.24.